The van der Waals surface area contributed by atoms with E-state index in [0.717, 1.165) is 24.7 Å². The molecule has 0 saturated heterocycles. The molecule has 2 nitrogen and oxygen atoms in total. The number of nitrogens with two attached hydrogens (primary N) is 1. The average molecular weight is 183 g/mol. The molecule has 0 aromatic heterocycles. The van der Waals surface area contributed by atoms with E-state index in [-0.39, 0.29) is 6.10 Å². The van der Waals surface area contributed by atoms with Gasteiger partial charge in [-0.2, -0.15) is 0 Å². The smallest absolute Gasteiger partial charge is 0.0568 e. The lowest BCUT2D eigenvalue weighted by molar-refractivity contribution is -0.00919. The van der Waals surface area contributed by atoms with Crippen molar-refractivity contribution >= 4 is 0 Å². The lowest BCUT2D eigenvalue weighted by Crippen LogP contribution is -2.42. The Morgan fingerprint density at radius 1 is 1.15 bits per heavy atom. The van der Waals surface area contributed by atoms with Gasteiger partial charge in [0.15, 0.2) is 0 Å². The van der Waals surface area contributed by atoms with Crippen molar-refractivity contribution in [2.45, 2.75) is 51.2 Å². The summed E-state index contributed by atoms with van der Waals surface area (Å²) in [6, 6.07) is 0.434. The second kappa shape index (κ2) is 3.58. The predicted molar refractivity (Wildman–Crippen MR) is 53.2 cm³/mol. The van der Waals surface area contributed by atoms with Gasteiger partial charge in [-0.1, -0.05) is 6.92 Å². The molecule has 0 aromatic carbocycles. The zero-order chi connectivity index (χ0) is 9.42. The van der Waals surface area contributed by atoms with Crippen molar-refractivity contribution in [2.75, 3.05) is 0 Å². The summed E-state index contributed by atoms with van der Waals surface area (Å²) in [4.78, 5) is 0. The first-order chi connectivity index (χ1) is 6.18. The number of aliphatic hydroxyl groups excluding tert-OH is 1. The molecule has 0 aromatic rings. The Hall–Kier alpha value is -0.0800. The molecule has 0 radical (unpaired) electrons. The van der Waals surface area contributed by atoms with Gasteiger partial charge >= 0.3 is 0 Å². The summed E-state index contributed by atoms with van der Waals surface area (Å²) < 4.78 is 0. The Balaban J connectivity index is 2.02. The molecule has 3 N–H and O–H groups in total. The number of aliphatic hydroxyl groups is 1. The Morgan fingerprint density at radius 3 is 2.69 bits per heavy atom. The summed E-state index contributed by atoms with van der Waals surface area (Å²) in [5.41, 5.74) is 5.96. The van der Waals surface area contributed by atoms with E-state index in [1.165, 1.54) is 19.3 Å². The molecule has 2 heteroatoms. The first-order valence-corrected chi connectivity index (χ1v) is 5.62. The van der Waals surface area contributed by atoms with Crippen LogP contribution in [0.25, 0.3) is 0 Å². The van der Waals surface area contributed by atoms with E-state index in [4.69, 9.17) is 5.73 Å². The van der Waals surface area contributed by atoms with Crippen molar-refractivity contribution in [3.63, 3.8) is 0 Å². The fourth-order valence-corrected chi connectivity index (χ4v) is 3.28. The molecule has 2 saturated carbocycles. The summed E-state index contributed by atoms with van der Waals surface area (Å²) in [5.74, 6) is 2.07. The van der Waals surface area contributed by atoms with Crippen LogP contribution in [0.5, 0.6) is 0 Å². The fraction of sp³-hybridized carbons (Fsp3) is 1.00. The third kappa shape index (κ3) is 1.75. The maximum Gasteiger partial charge on any atom is 0.0568 e. The van der Waals surface area contributed by atoms with Crippen molar-refractivity contribution in [1.29, 1.82) is 0 Å². The number of hydrogen-bond acceptors (Lipinski definition) is 2. The number of rotatable bonds is 0. The zero-order valence-corrected chi connectivity index (χ0v) is 8.45. The van der Waals surface area contributed by atoms with Crippen LogP contribution in [0.3, 0.4) is 0 Å². The SMILES string of the molecule is C[C@@H]1C2CCC(N)CC2CC[C@H]1O. The van der Waals surface area contributed by atoms with Gasteiger partial charge in [0.25, 0.3) is 0 Å². The molecule has 0 amide bonds. The molecule has 3 unspecified atom stereocenters. The van der Waals surface area contributed by atoms with Crippen LogP contribution < -0.4 is 5.73 Å². The van der Waals surface area contributed by atoms with Crippen LogP contribution in [0.4, 0.5) is 0 Å². The normalized spacial score (nSPS) is 51.5. The van der Waals surface area contributed by atoms with Gasteiger partial charge in [0.05, 0.1) is 6.10 Å². The minimum atomic E-state index is -0.0458. The topological polar surface area (TPSA) is 46.2 Å². The Bertz CT molecular complexity index is 183. The third-order valence-corrected chi connectivity index (χ3v) is 4.20. The van der Waals surface area contributed by atoms with E-state index >= 15 is 0 Å². The lowest BCUT2D eigenvalue weighted by Gasteiger charge is -2.44. The van der Waals surface area contributed by atoms with E-state index in [1.807, 2.05) is 0 Å². The summed E-state index contributed by atoms with van der Waals surface area (Å²) in [6.07, 6.45) is 5.75. The minimum Gasteiger partial charge on any atom is -0.393 e. The molecule has 0 heterocycles. The van der Waals surface area contributed by atoms with Crippen molar-refractivity contribution in [2.24, 2.45) is 23.5 Å². The van der Waals surface area contributed by atoms with E-state index in [0.29, 0.717) is 12.0 Å². The number of hydrogen-bond donors (Lipinski definition) is 2. The van der Waals surface area contributed by atoms with Gasteiger partial charge in [0.1, 0.15) is 0 Å². The maximum atomic E-state index is 9.75. The molecule has 0 bridgehead atoms. The molecule has 2 fully saturated rings. The molecule has 2 aliphatic carbocycles. The molecule has 76 valence electrons. The Morgan fingerprint density at radius 2 is 1.92 bits per heavy atom. The van der Waals surface area contributed by atoms with Gasteiger partial charge < -0.3 is 10.8 Å². The van der Waals surface area contributed by atoms with Crippen LogP contribution >= 0.6 is 0 Å². The van der Waals surface area contributed by atoms with Crippen LogP contribution in [-0.4, -0.2) is 17.3 Å². The number of fused-ring (bicyclic) bond motifs is 1. The molecular formula is C11H21NO. The van der Waals surface area contributed by atoms with Crippen LogP contribution in [0.1, 0.15) is 39.0 Å². The van der Waals surface area contributed by atoms with Crippen molar-refractivity contribution in [3.05, 3.63) is 0 Å². The van der Waals surface area contributed by atoms with Crippen LogP contribution in [0, 0.1) is 17.8 Å². The molecule has 5 atom stereocenters. The predicted octanol–water partition coefficient (Wildman–Crippen LogP) is 1.52. The highest BCUT2D eigenvalue weighted by Crippen LogP contribution is 2.43. The fourth-order valence-electron chi connectivity index (χ4n) is 3.28. The average Bonchev–Trinajstić information content (AvgIpc) is 2.12. The van der Waals surface area contributed by atoms with Gasteiger partial charge in [0, 0.05) is 6.04 Å². The van der Waals surface area contributed by atoms with Gasteiger partial charge in [0.2, 0.25) is 0 Å². The highest BCUT2D eigenvalue weighted by molar-refractivity contribution is 4.90. The molecule has 2 rings (SSSR count). The maximum absolute atomic E-state index is 9.75. The van der Waals surface area contributed by atoms with Crippen molar-refractivity contribution in [3.8, 4) is 0 Å². The van der Waals surface area contributed by atoms with Gasteiger partial charge in [-0.3, -0.25) is 0 Å². The van der Waals surface area contributed by atoms with Crippen molar-refractivity contribution in [1.82, 2.24) is 0 Å². The van der Waals surface area contributed by atoms with E-state index in [1.54, 1.807) is 0 Å². The van der Waals surface area contributed by atoms with E-state index in [2.05, 4.69) is 6.92 Å². The first-order valence-electron chi connectivity index (χ1n) is 5.62. The highest BCUT2D eigenvalue weighted by atomic mass is 16.3. The van der Waals surface area contributed by atoms with Gasteiger partial charge in [-0.15, -0.1) is 0 Å². The molecule has 13 heavy (non-hydrogen) atoms. The molecule has 0 spiro atoms. The quantitative estimate of drug-likeness (QED) is 0.598. The molecule has 0 aliphatic heterocycles. The third-order valence-electron chi connectivity index (χ3n) is 4.20. The first kappa shape index (κ1) is 9.47. The van der Waals surface area contributed by atoms with Gasteiger partial charge in [-0.25, -0.2) is 0 Å². The van der Waals surface area contributed by atoms with E-state index in [9.17, 15) is 5.11 Å². The second-order valence-corrected chi connectivity index (χ2v) is 5.00. The monoisotopic (exact) mass is 183 g/mol. The Labute approximate surface area is 80.5 Å². The zero-order valence-electron chi connectivity index (χ0n) is 8.45. The lowest BCUT2D eigenvalue weighted by atomic mass is 9.64. The van der Waals surface area contributed by atoms with Gasteiger partial charge in [-0.05, 0) is 49.9 Å². The Kier molecular flexibility index (Phi) is 2.61. The van der Waals surface area contributed by atoms with Crippen molar-refractivity contribution < 1.29 is 5.11 Å². The molecule has 2 aliphatic rings. The largest absolute Gasteiger partial charge is 0.393 e. The standard InChI is InChI=1S/C11H21NO/c1-7-10-4-3-9(12)6-8(10)2-5-11(7)13/h7-11,13H,2-6,12H2,1H3/t7-,8?,9?,10?,11-/m1/s1. The van der Waals surface area contributed by atoms with E-state index < -0.39 is 0 Å². The minimum absolute atomic E-state index is 0.0458. The molecular weight excluding hydrogens is 162 g/mol. The summed E-state index contributed by atoms with van der Waals surface area (Å²) in [6.45, 7) is 2.21. The summed E-state index contributed by atoms with van der Waals surface area (Å²) >= 11 is 0. The van der Waals surface area contributed by atoms with Crippen LogP contribution in [-0.2, 0) is 0 Å². The highest BCUT2D eigenvalue weighted by Gasteiger charge is 2.38. The van der Waals surface area contributed by atoms with Crippen LogP contribution in [0.15, 0.2) is 0 Å². The second-order valence-electron chi connectivity index (χ2n) is 5.00. The summed E-state index contributed by atoms with van der Waals surface area (Å²) in [7, 11) is 0. The summed E-state index contributed by atoms with van der Waals surface area (Å²) in [5, 5.41) is 9.75. The van der Waals surface area contributed by atoms with Crippen LogP contribution in [0.2, 0.25) is 0 Å².